The van der Waals surface area contributed by atoms with Crippen LogP contribution in [0.15, 0.2) is 30.5 Å². The lowest BCUT2D eigenvalue weighted by Gasteiger charge is -2.20. The SMILES string of the molecule is CCOc1ncccc1C(=O)OCc1cc(F)cc2c1OCOC2. The van der Waals surface area contributed by atoms with Crippen molar-refractivity contribution in [3.05, 3.63) is 53.0 Å². The summed E-state index contributed by atoms with van der Waals surface area (Å²) < 4.78 is 34.8. The van der Waals surface area contributed by atoms with E-state index in [2.05, 4.69) is 4.98 Å². The van der Waals surface area contributed by atoms with Gasteiger partial charge in [-0.2, -0.15) is 0 Å². The Hall–Kier alpha value is -2.67. The maximum atomic E-state index is 13.7. The summed E-state index contributed by atoms with van der Waals surface area (Å²) in [6.45, 7) is 2.38. The summed E-state index contributed by atoms with van der Waals surface area (Å²) in [6, 6.07) is 5.80. The van der Waals surface area contributed by atoms with Crippen LogP contribution in [0.4, 0.5) is 4.39 Å². The lowest BCUT2D eigenvalue weighted by molar-refractivity contribution is -0.0183. The van der Waals surface area contributed by atoms with Crippen molar-refractivity contribution < 1.29 is 28.1 Å². The molecule has 0 bridgehead atoms. The molecule has 1 aromatic carbocycles. The predicted octanol–water partition coefficient (Wildman–Crippen LogP) is 2.84. The standard InChI is InChI=1S/C17H16FNO5/c1-2-22-16-14(4-3-5-19-16)17(20)23-9-12-7-13(18)6-11-8-21-10-24-15(11)12/h3-7H,2,8-10H2,1H3. The van der Waals surface area contributed by atoms with Crippen molar-refractivity contribution in [2.75, 3.05) is 13.4 Å². The van der Waals surface area contributed by atoms with Crippen molar-refractivity contribution in [1.82, 2.24) is 4.98 Å². The first-order valence-electron chi connectivity index (χ1n) is 7.45. The fourth-order valence-corrected chi connectivity index (χ4v) is 2.38. The first-order chi connectivity index (χ1) is 11.7. The van der Waals surface area contributed by atoms with E-state index in [-0.39, 0.29) is 31.5 Å². The Morgan fingerprint density at radius 3 is 3.12 bits per heavy atom. The molecular formula is C17H16FNO5. The number of halogens is 1. The van der Waals surface area contributed by atoms with E-state index in [0.717, 1.165) is 0 Å². The van der Waals surface area contributed by atoms with E-state index in [9.17, 15) is 9.18 Å². The van der Waals surface area contributed by atoms with Crippen molar-refractivity contribution in [2.45, 2.75) is 20.1 Å². The quantitative estimate of drug-likeness (QED) is 0.784. The Balaban J connectivity index is 1.77. The Kier molecular flexibility index (Phi) is 4.90. The summed E-state index contributed by atoms with van der Waals surface area (Å²) >= 11 is 0. The monoisotopic (exact) mass is 333 g/mol. The first kappa shape index (κ1) is 16.2. The van der Waals surface area contributed by atoms with Gasteiger partial charge in [0.2, 0.25) is 5.88 Å². The third kappa shape index (κ3) is 3.46. The van der Waals surface area contributed by atoms with E-state index >= 15 is 0 Å². The largest absolute Gasteiger partial charge is 0.477 e. The number of hydrogen-bond donors (Lipinski definition) is 0. The highest BCUT2D eigenvalue weighted by atomic mass is 19.1. The van der Waals surface area contributed by atoms with Gasteiger partial charge in [-0.1, -0.05) is 0 Å². The summed E-state index contributed by atoms with van der Waals surface area (Å²) in [7, 11) is 0. The first-order valence-corrected chi connectivity index (χ1v) is 7.45. The minimum absolute atomic E-state index is 0.0800. The van der Waals surface area contributed by atoms with Gasteiger partial charge in [-0.25, -0.2) is 14.2 Å². The molecule has 0 saturated heterocycles. The third-order valence-corrected chi connectivity index (χ3v) is 3.38. The molecule has 0 saturated carbocycles. The number of rotatable bonds is 5. The zero-order chi connectivity index (χ0) is 16.9. The molecule has 0 radical (unpaired) electrons. The second kappa shape index (κ2) is 7.27. The van der Waals surface area contributed by atoms with Crippen molar-refractivity contribution >= 4 is 5.97 Å². The number of carbonyl (C=O) groups is 1. The van der Waals surface area contributed by atoms with Gasteiger partial charge in [-0.05, 0) is 31.2 Å². The van der Waals surface area contributed by atoms with Crippen LogP contribution in [0.2, 0.25) is 0 Å². The number of ether oxygens (including phenoxy) is 4. The number of pyridine rings is 1. The smallest absolute Gasteiger partial charge is 0.343 e. The molecule has 0 fully saturated rings. The highest BCUT2D eigenvalue weighted by Gasteiger charge is 2.20. The van der Waals surface area contributed by atoms with Crippen molar-refractivity contribution in [3.63, 3.8) is 0 Å². The average Bonchev–Trinajstić information content (AvgIpc) is 2.60. The molecule has 0 aliphatic carbocycles. The molecular weight excluding hydrogens is 317 g/mol. The molecule has 1 aliphatic heterocycles. The minimum atomic E-state index is -0.600. The molecule has 0 N–H and O–H groups in total. The van der Waals surface area contributed by atoms with Crippen LogP contribution >= 0.6 is 0 Å². The summed E-state index contributed by atoms with van der Waals surface area (Å²) in [4.78, 5) is 16.3. The zero-order valence-electron chi connectivity index (χ0n) is 13.1. The average molecular weight is 333 g/mol. The molecule has 126 valence electrons. The highest BCUT2D eigenvalue weighted by Crippen LogP contribution is 2.30. The van der Waals surface area contributed by atoms with Gasteiger partial charge in [-0.3, -0.25) is 0 Å². The van der Waals surface area contributed by atoms with Gasteiger partial charge in [0.25, 0.3) is 0 Å². The van der Waals surface area contributed by atoms with Crippen LogP contribution in [0, 0.1) is 5.82 Å². The number of nitrogens with zero attached hydrogens (tertiary/aromatic N) is 1. The van der Waals surface area contributed by atoms with E-state index in [1.807, 2.05) is 0 Å². The molecule has 0 amide bonds. The fraction of sp³-hybridized carbons (Fsp3) is 0.294. The summed E-state index contributed by atoms with van der Waals surface area (Å²) in [5, 5.41) is 0. The topological polar surface area (TPSA) is 66.9 Å². The van der Waals surface area contributed by atoms with Gasteiger partial charge in [0.05, 0.1) is 13.2 Å². The van der Waals surface area contributed by atoms with Crippen LogP contribution in [0.25, 0.3) is 0 Å². The van der Waals surface area contributed by atoms with E-state index in [4.69, 9.17) is 18.9 Å². The molecule has 1 aliphatic rings. The normalized spacial score (nSPS) is 12.9. The Morgan fingerprint density at radius 1 is 1.42 bits per heavy atom. The van der Waals surface area contributed by atoms with Crippen molar-refractivity contribution in [3.8, 4) is 11.6 Å². The number of esters is 1. The predicted molar refractivity (Wildman–Crippen MR) is 81.2 cm³/mol. The molecule has 3 rings (SSSR count). The maximum absolute atomic E-state index is 13.7. The summed E-state index contributed by atoms with van der Waals surface area (Å²) in [5.41, 5.74) is 1.25. The molecule has 1 aromatic heterocycles. The minimum Gasteiger partial charge on any atom is -0.477 e. The van der Waals surface area contributed by atoms with Crippen LogP contribution in [-0.4, -0.2) is 24.4 Å². The van der Waals surface area contributed by atoms with E-state index < -0.39 is 11.8 Å². The molecule has 2 heterocycles. The molecule has 0 atom stereocenters. The number of aromatic nitrogens is 1. The van der Waals surface area contributed by atoms with Crippen LogP contribution in [0.5, 0.6) is 11.6 Å². The maximum Gasteiger partial charge on any atom is 0.343 e. The molecule has 2 aromatic rings. The summed E-state index contributed by atoms with van der Waals surface area (Å²) in [6.07, 6.45) is 1.53. The van der Waals surface area contributed by atoms with E-state index in [1.54, 1.807) is 19.1 Å². The van der Waals surface area contributed by atoms with Gasteiger partial charge in [0.1, 0.15) is 23.7 Å². The zero-order valence-corrected chi connectivity index (χ0v) is 13.1. The molecule has 7 heteroatoms. The second-order valence-electron chi connectivity index (χ2n) is 5.03. The van der Waals surface area contributed by atoms with Crippen molar-refractivity contribution in [1.29, 1.82) is 0 Å². The van der Waals surface area contributed by atoms with Gasteiger partial charge >= 0.3 is 5.97 Å². The molecule has 24 heavy (non-hydrogen) atoms. The lowest BCUT2D eigenvalue weighted by atomic mass is 10.1. The van der Waals surface area contributed by atoms with Gasteiger partial charge < -0.3 is 18.9 Å². The Labute approximate surface area is 138 Å². The van der Waals surface area contributed by atoms with E-state index in [0.29, 0.717) is 23.5 Å². The van der Waals surface area contributed by atoms with Crippen LogP contribution in [0.1, 0.15) is 28.4 Å². The van der Waals surface area contributed by atoms with Gasteiger partial charge in [0, 0.05) is 17.3 Å². The molecule has 0 spiro atoms. The number of benzene rings is 1. The summed E-state index contributed by atoms with van der Waals surface area (Å²) in [5.74, 6) is -0.343. The Morgan fingerprint density at radius 2 is 2.29 bits per heavy atom. The van der Waals surface area contributed by atoms with Crippen LogP contribution in [0.3, 0.4) is 0 Å². The lowest BCUT2D eigenvalue weighted by Crippen LogP contribution is -2.15. The van der Waals surface area contributed by atoms with Crippen LogP contribution in [-0.2, 0) is 22.7 Å². The van der Waals surface area contributed by atoms with Crippen LogP contribution < -0.4 is 9.47 Å². The third-order valence-electron chi connectivity index (χ3n) is 3.38. The number of carbonyl (C=O) groups excluding carboxylic acids is 1. The molecule has 0 unspecified atom stereocenters. The highest BCUT2D eigenvalue weighted by molar-refractivity contribution is 5.91. The van der Waals surface area contributed by atoms with Crippen molar-refractivity contribution in [2.24, 2.45) is 0 Å². The second-order valence-corrected chi connectivity index (χ2v) is 5.03. The number of hydrogen-bond acceptors (Lipinski definition) is 6. The van der Waals surface area contributed by atoms with Gasteiger partial charge in [-0.15, -0.1) is 0 Å². The van der Waals surface area contributed by atoms with E-state index in [1.165, 1.54) is 18.3 Å². The Bertz CT molecular complexity index is 750. The van der Waals surface area contributed by atoms with Gasteiger partial charge in [0.15, 0.2) is 6.79 Å². The molecule has 6 nitrogen and oxygen atoms in total. The number of fused-ring (bicyclic) bond motifs is 1. The fourth-order valence-electron chi connectivity index (χ4n) is 2.38.